The molecule has 0 radical (unpaired) electrons. The third-order valence-electron chi connectivity index (χ3n) is 4.59. The number of likely N-dealkylation sites (N-methyl/N-ethyl adjacent to an activating group) is 1. The molecule has 0 aromatic heterocycles. The normalized spacial score (nSPS) is 40.2. The van der Waals surface area contributed by atoms with Gasteiger partial charge in [0, 0.05) is 32.1 Å². The highest BCUT2D eigenvalue weighted by molar-refractivity contribution is 7.79. The monoisotopic (exact) mass is 268 g/mol. The minimum Gasteiger partial charge on any atom is -0.373 e. The number of hydrogen-bond acceptors (Lipinski definition) is 4. The van der Waals surface area contributed by atoms with Gasteiger partial charge in [0.15, 0.2) is 0 Å². The molecule has 0 spiro atoms. The zero-order valence-electron chi connectivity index (χ0n) is 10.7. The summed E-state index contributed by atoms with van der Waals surface area (Å²) in [5.74, 6) is 0.414. The first-order valence-corrected chi connectivity index (χ1v) is 7.26. The summed E-state index contributed by atoms with van der Waals surface area (Å²) < 4.78 is 5.87. The van der Waals surface area contributed by atoms with Crippen LogP contribution in [0.3, 0.4) is 0 Å². The van der Waals surface area contributed by atoms with Gasteiger partial charge in [0.05, 0.1) is 18.1 Å². The molecule has 0 aromatic rings. The van der Waals surface area contributed by atoms with Crippen molar-refractivity contribution in [3.8, 4) is 0 Å². The summed E-state index contributed by atoms with van der Waals surface area (Å²) in [5, 5.41) is 1.77. The van der Waals surface area contributed by atoms with Crippen LogP contribution in [0.4, 0.5) is 0 Å². The van der Waals surface area contributed by atoms with Crippen LogP contribution in [0, 0.1) is 11.8 Å². The lowest BCUT2D eigenvalue weighted by atomic mass is 9.79. The first kappa shape index (κ1) is 12.5. The van der Waals surface area contributed by atoms with Crippen molar-refractivity contribution >= 4 is 23.5 Å². The van der Waals surface area contributed by atoms with E-state index in [4.69, 9.17) is 17.0 Å². The number of fused-ring (bicyclic) bond motifs is 2. The van der Waals surface area contributed by atoms with Gasteiger partial charge in [0.1, 0.15) is 0 Å². The lowest BCUT2D eigenvalue weighted by Gasteiger charge is -2.36. The largest absolute Gasteiger partial charge is 0.373 e. The van der Waals surface area contributed by atoms with Gasteiger partial charge in [0.2, 0.25) is 5.91 Å². The van der Waals surface area contributed by atoms with Gasteiger partial charge in [-0.2, -0.15) is 0 Å². The summed E-state index contributed by atoms with van der Waals surface area (Å²) in [6, 6.07) is 0. The van der Waals surface area contributed by atoms with Gasteiger partial charge in [-0.1, -0.05) is 12.2 Å². The Morgan fingerprint density at radius 2 is 1.89 bits per heavy atom. The lowest BCUT2D eigenvalue weighted by Crippen LogP contribution is -2.51. The Hall–Kier alpha value is -0.520. The Balaban J connectivity index is 1.70. The van der Waals surface area contributed by atoms with E-state index in [2.05, 4.69) is 11.9 Å². The van der Waals surface area contributed by atoms with E-state index < -0.39 is 0 Å². The molecule has 0 aromatic carbocycles. The Labute approximate surface area is 113 Å². The van der Waals surface area contributed by atoms with E-state index in [9.17, 15) is 4.79 Å². The molecule has 3 aliphatic rings. The molecule has 3 fully saturated rings. The highest BCUT2D eigenvalue weighted by Gasteiger charge is 2.52. The number of amides is 1. The fraction of sp³-hybridized carbons (Fsp3) is 0.846. The van der Waals surface area contributed by atoms with Crippen LogP contribution in [0.5, 0.6) is 0 Å². The molecule has 5 heteroatoms. The average molecular weight is 268 g/mol. The topological polar surface area (TPSA) is 32.8 Å². The number of rotatable bonds is 2. The molecule has 2 unspecified atom stereocenters. The molecule has 100 valence electrons. The molecule has 3 rings (SSSR count). The predicted octanol–water partition coefficient (Wildman–Crippen LogP) is 0.554. The van der Waals surface area contributed by atoms with Crippen LogP contribution in [0.1, 0.15) is 12.8 Å². The molecule has 0 aliphatic carbocycles. The zero-order chi connectivity index (χ0) is 12.7. The van der Waals surface area contributed by atoms with Crippen LogP contribution in [0.25, 0.3) is 0 Å². The molecule has 4 atom stereocenters. The second-order valence-corrected chi connectivity index (χ2v) is 5.93. The van der Waals surface area contributed by atoms with Crippen LogP contribution in [-0.4, -0.2) is 66.5 Å². The maximum absolute atomic E-state index is 12.6. The van der Waals surface area contributed by atoms with Gasteiger partial charge in [-0.25, -0.2) is 0 Å². The highest BCUT2D eigenvalue weighted by Crippen LogP contribution is 2.43. The van der Waals surface area contributed by atoms with Crippen molar-refractivity contribution in [2.75, 3.05) is 33.2 Å². The molecular formula is C13H20N2O2S. The second kappa shape index (κ2) is 4.87. The molecule has 18 heavy (non-hydrogen) atoms. The Morgan fingerprint density at radius 1 is 1.22 bits per heavy atom. The summed E-state index contributed by atoms with van der Waals surface area (Å²) in [6.45, 7) is 3.62. The Morgan fingerprint density at radius 3 is 2.56 bits per heavy atom. The van der Waals surface area contributed by atoms with Gasteiger partial charge >= 0.3 is 0 Å². The maximum atomic E-state index is 12.6. The van der Waals surface area contributed by atoms with Crippen molar-refractivity contribution in [3.63, 3.8) is 0 Å². The van der Waals surface area contributed by atoms with E-state index in [0.29, 0.717) is 0 Å². The Kier molecular flexibility index (Phi) is 3.38. The van der Waals surface area contributed by atoms with E-state index in [0.717, 1.165) is 39.0 Å². The third-order valence-corrected chi connectivity index (χ3v) is 4.90. The predicted molar refractivity (Wildman–Crippen MR) is 72.6 cm³/mol. The summed E-state index contributed by atoms with van der Waals surface area (Å²) in [6.07, 6.45) is 2.41. The molecule has 2 bridgehead atoms. The van der Waals surface area contributed by atoms with Gasteiger partial charge in [-0.3, -0.25) is 4.79 Å². The summed E-state index contributed by atoms with van der Waals surface area (Å²) >= 11 is 5.11. The molecule has 0 N–H and O–H groups in total. The maximum Gasteiger partial charge on any atom is 0.229 e. The SMILES string of the molecule is CN1CCN(C(=O)C2C(C=S)[C@@H]3CC[C@H]2O3)CC1. The van der Waals surface area contributed by atoms with E-state index in [-0.39, 0.29) is 30.0 Å². The molecular weight excluding hydrogens is 248 g/mol. The van der Waals surface area contributed by atoms with Crippen molar-refractivity contribution in [2.24, 2.45) is 11.8 Å². The van der Waals surface area contributed by atoms with Gasteiger partial charge in [0.25, 0.3) is 0 Å². The van der Waals surface area contributed by atoms with E-state index in [1.807, 2.05) is 4.90 Å². The number of ether oxygens (including phenoxy) is 1. The minimum atomic E-state index is -0.00958. The van der Waals surface area contributed by atoms with Crippen molar-refractivity contribution in [2.45, 2.75) is 25.0 Å². The lowest BCUT2D eigenvalue weighted by molar-refractivity contribution is -0.139. The van der Waals surface area contributed by atoms with Crippen molar-refractivity contribution in [1.29, 1.82) is 0 Å². The van der Waals surface area contributed by atoms with Crippen LogP contribution in [0.2, 0.25) is 0 Å². The molecule has 1 amide bonds. The summed E-state index contributed by atoms with van der Waals surface area (Å²) in [7, 11) is 2.10. The number of thiocarbonyl (C=S) groups is 1. The van der Waals surface area contributed by atoms with Crippen LogP contribution >= 0.6 is 12.2 Å². The van der Waals surface area contributed by atoms with Crippen LogP contribution < -0.4 is 0 Å². The van der Waals surface area contributed by atoms with Crippen LogP contribution in [0.15, 0.2) is 0 Å². The highest BCUT2D eigenvalue weighted by atomic mass is 32.1. The van der Waals surface area contributed by atoms with Gasteiger partial charge in [-0.05, 0) is 25.3 Å². The van der Waals surface area contributed by atoms with E-state index >= 15 is 0 Å². The number of carbonyl (C=O) groups excluding carboxylic acids is 1. The number of hydrogen-bond donors (Lipinski definition) is 0. The summed E-state index contributed by atoms with van der Waals surface area (Å²) in [5.41, 5.74) is 0. The van der Waals surface area contributed by atoms with E-state index in [1.165, 1.54) is 0 Å². The van der Waals surface area contributed by atoms with Crippen molar-refractivity contribution in [1.82, 2.24) is 9.80 Å². The van der Waals surface area contributed by atoms with Gasteiger partial charge < -0.3 is 14.5 Å². The molecule has 4 nitrogen and oxygen atoms in total. The van der Waals surface area contributed by atoms with Crippen molar-refractivity contribution in [3.05, 3.63) is 0 Å². The number of piperazine rings is 1. The first-order chi connectivity index (χ1) is 8.70. The fourth-order valence-electron chi connectivity index (χ4n) is 3.45. The zero-order valence-corrected chi connectivity index (χ0v) is 11.6. The Bertz CT molecular complexity index is 355. The number of carbonyl (C=O) groups is 1. The fourth-order valence-corrected chi connectivity index (χ4v) is 3.79. The average Bonchev–Trinajstić information content (AvgIpc) is 2.98. The molecule has 3 aliphatic heterocycles. The summed E-state index contributed by atoms with van der Waals surface area (Å²) in [4.78, 5) is 16.9. The smallest absolute Gasteiger partial charge is 0.229 e. The molecule has 3 heterocycles. The number of nitrogens with zero attached hydrogens (tertiary/aromatic N) is 2. The molecule has 0 saturated carbocycles. The van der Waals surface area contributed by atoms with Crippen molar-refractivity contribution < 1.29 is 9.53 Å². The standard InChI is InChI=1S/C13H20N2O2S/c1-14-4-6-15(7-5-14)13(16)12-9(8-18)10-2-3-11(12)17-10/h8-12H,2-7H2,1H3/t9?,10-,11+,12?/m0/s1. The quantitative estimate of drug-likeness (QED) is 0.685. The third kappa shape index (κ3) is 1.98. The second-order valence-electron chi connectivity index (χ2n) is 5.66. The van der Waals surface area contributed by atoms with Crippen LogP contribution in [-0.2, 0) is 9.53 Å². The first-order valence-electron chi connectivity index (χ1n) is 6.79. The molecule has 3 saturated heterocycles. The van der Waals surface area contributed by atoms with E-state index in [1.54, 1.807) is 5.37 Å². The minimum absolute atomic E-state index is 0.00958. The van der Waals surface area contributed by atoms with Gasteiger partial charge in [-0.15, -0.1) is 0 Å².